The van der Waals surface area contributed by atoms with Crippen molar-refractivity contribution in [1.82, 2.24) is 10.9 Å². The Morgan fingerprint density at radius 3 is 2.39 bits per heavy atom. The molecule has 0 heterocycles. The Kier molecular flexibility index (Phi) is 6.23. The van der Waals surface area contributed by atoms with Gasteiger partial charge in [0.25, 0.3) is 5.91 Å². The van der Waals surface area contributed by atoms with Gasteiger partial charge in [0.05, 0.1) is 0 Å². The second-order valence-electron chi connectivity index (χ2n) is 5.21. The first-order valence-electron chi connectivity index (χ1n) is 7.40. The maximum atomic E-state index is 11.8. The highest BCUT2D eigenvalue weighted by molar-refractivity contribution is 7.99. The molecular formula is C18H20N2O2S. The summed E-state index contributed by atoms with van der Waals surface area (Å²) in [4.78, 5) is 24.7. The number of rotatable bonds is 5. The van der Waals surface area contributed by atoms with Gasteiger partial charge in [0, 0.05) is 22.6 Å². The van der Waals surface area contributed by atoms with Gasteiger partial charge < -0.3 is 0 Å². The molecule has 2 aromatic rings. The van der Waals surface area contributed by atoms with Gasteiger partial charge in [-0.1, -0.05) is 24.3 Å². The summed E-state index contributed by atoms with van der Waals surface area (Å²) >= 11 is 1.63. The molecule has 2 aromatic carbocycles. The van der Waals surface area contributed by atoms with E-state index in [1.54, 1.807) is 36.0 Å². The topological polar surface area (TPSA) is 58.2 Å². The maximum absolute atomic E-state index is 11.8. The Balaban J connectivity index is 1.71. The first-order chi connectivity index (χ1) is 11.1. The van der Waals surface area contributed by atoms with Crippen molar-refractivity contribution >= 4 is 23.6 Å². The Bertz CT molecular complexity index is 687. The Labute approximate surface area is 140 Å². The van der Waals surface area contributed by atoms with E-state index in [1.165, 1.54) is 11.1 Å². The van der Waals surface area contributed by atoms with E-state index in [0.29, 0.717) is 17.7 Å². The van der Waals surface area contributed by atoms with Gasteiger partial charge in [-0.3, -0.25) is 20.4 Å². The highest BCUT2D eigenvalue weighted by Crippen LogP contribution is 2.21. The fourth-order valence-corrected chi connectivity index (χ4v) is 2.86. The highest BCUT2D eigenvalue weighted by atomic mass is 32.2. The lowest BCUT2D eigenvalue weighted by atomic mass is 10.1. The monoisotopic (exact) mass is 328 g/mol. The normalized spacial score (nSPS) is 10.2. The first kappa shape index (κ1) is 17.1. The van der Waals surface area contributed by atoms with Gasteiger partial charge in [-0.15, -0.1) is 11.8 Å². The summed E-state index contributed by atoms with van der Waals surface area (Å²) in [5.41, 5.74) is 7.87. The number of aryl methyl sites for hydroxylation is 2. The van der Waals surface area contributed by atoms with Gasteiger partial charge in [-0.25, -0.2) is 0 Å². The third kappa shape index (κ3) is 5.45. The number of hydrogen-bond acceptors (Lipinski definition) is 3. The molecule has 0 spiro atoms. The fraction of sp³-hybridized carbons (Fsp3) is 0.222. The standard InChI is InChI=1S/C18H20N2O2S/c1-13-8-9-16(12-14(13)2)23-11-10-17(21)19-20-18(22)15-6-4-3-5-7-15/h3-9,12H,10-11H2,1-2H3,(H,19,21)(H,20,22). The molecule has 5 heteroatoms. The van der Waals surface area contributed by atoms with E-state index in [-0.39, 0.29) is 11.8 Å². The molecule has 0 atom stereocenters. The predicted octanol–water partition coefficient (Wildman–Crippen LogP) is 3.25. The molecule has 0 radical (unpaired) electrons. The van der Waals surface area contributed by atoms with Crippen molar-refractivity contribution in [3.05, 3.63) is 65.2 Å². The molecular weight excluding hydrogens is 308 g/mol. The van der Waals surface area contributed by atoms with Crippen molar-refractivity contribution in [2.24, 2.45) is 0 Å². The lowest BCUT2D eigenvalue weighted by Gasteiger charge is -2.08. The van der Waals surface area contributed by atoms with Gasteiger partial charge in [0.2, 0.25) is 5.91 Å². The first-order valence-corrected chi connectivity index (χ1v) is 8.39. The molecule has 0 saturated carbocycles. The van der Waals surface area contributed by atoms with E-state index < -0.39 is 0 Å². The zero-order valence-electron chi connectivity index (χ0n) is 13.3. The molecule has 0 unspecified atom stereocenters. The van der Waals surface area contributed by atoms with Crippen LogP contribution < -0.4 is 10.9 Å². The van der Waals surface area contributed by atoms with Crippen LogP contribution in [0, 0.1) is 13.8 Å². The second kappa shape index (κ2) is 8.39. The van der Waals surface area contributed by atoms with Gasteiger partial charge >= 0.3 is 0 Å². The number of carbonyl (C=O) groups excluding carboxylic acids is 2. The van der Waals surface area contributed by atoms with Gasteiger partial charge in [0.1, 0.15) is 0 Å². The molecule has 0 aliphatic carbocycles. The summed E-state index contributed by atoms with van der Waals surface area (Å²) in [6.45, 7) is 4.15. The zero-order valence-corrected chi connectivity index (χ0v) is 14.1. The number of amides is 2. The van der Waals surface area contributed by atoms with E-state index in [9.17, 15) is 9.59 Å². The fourth-order valence-electron chi connectivity index (χ4n) is 1.92. The Morgan fingerprint density at radius 2 is 1.70 bits per heavy atom. The average molecular weight is 328 g/mol. The van der Waals surface area contributed by atoms with Crippen molar-refractivity contribution in [2.45, 2.75) is 25.2 Å². The molecule has 0 aromatic heterocycles. The molecule has 2 amide bonds. The molecule has 2 N–H and O–H groups in total. The van der Waals surface area contributed by atoms with E-state index in [4.69, 9.17) is 0 Å². The molecule has 0 aliphatic heterocycles. The van der Waals surface area contributed by atoms with Crippen molar-refractivity contribution in [1.29, 1.82) is 0 Å². The highest BCUT2D eigenvalue weighted by Gasteiger charge is 2.07. The SMILES string of the molecule is Cc1ccc(SCCC(=O)NNC(=O)c2ccccc2)cc1C. The summed E-state index contributed by atoms with van der Waals surface area (Å²) in [6, 6.07) is 15.0. The van der Waals surface area contributed by atoms with E-state index in [2.05, 4.69) is 42.9 Å². The summed E-state index contributed by atoms with van der Waals surface area (Å²) in [5, 5.41) is 0. The maximum Gasteiger partial charge on any atom is 0.269 e. The van der Waals surface area contributed by atoms with Crippen LogP contribution in [0.1, 0.15) is 27.9 Å². The predicted molar refractivity (Wildman–Crippen MR) is 93.3 cm³/mol. The molecule has 2 rings (SSSR count). The zero-order chi connectivity index (χ0) is 16.7. The summed E-state index contributed by atoms with van der Waals surface area (Å²) < 4.78 is 0. The minimum Gasteiger partial charge on any atom is -0.273 e. The van der Waals surface area contributed by atoms with E-state index >= 15 is 0 Å². The number of benzene rings is 2. The molecule has 0 fully saturated rings. The number of hydrazine groups is 1. The minimum atomic E-state index is -0.319. The Hall–Kier alpha value is -2.27. The van der Waals surface area contributed by atoms with E-state index in [0.717, 1.165) is 4.90 Å². The van der Waals surface area contributed by atoms with Gasteiger partial charge in [0.15, 0.2) is 0 Å². The summed E-state index contributed by atoms with van der Waals surface area (Å²) in [6.07, 6.45) is 0.340. The van der Waals surface area contributed by atoms with Crippen LogP contribution in [0.4, 0.5) is 0 Å². The Morgan fingerprint density at radius 1 is 0.957 bits per heavy atom. The van der Waals surface area contributed by atoms with Crippen molar-refractivity contribution < 1.29 is 9.59 Å². The van der Waals surface area contributed by atoms with Crippen molar-refractivity contribution in [2.75, 3.05) is 5.75 Å². The van der Waals surface area contributed by atoms with Crippen LogP contribution in [0.25, 0.3) is 0 Å². The molecule has 0 bridgehead atoms. The summed E-state index contributed by atoms with van der Waals surface area (Å²) in [5.74, 6) is 0.140. The third-order valence-corrected chi connectivity index (χ3v) is 4.42. The minimum absolute atomic E-state index is 0.203. The molecule has 4 nitrogen and oxygen atoms in total. The van der Waals surface area contributed by atoms with Gasteiger partial charge in [-0.2, -0.15) is 0 Å². The molecule has 120 valence electrons. The lowest BCUT2D eigenvalue weighted by Crippen LogP contribution is -2.41. The van der Waals surface area contributed by atoms with Crippen LogP contribution in [-0.4, -0.2) is 17.6 Å². The van der Waals surface area contributed by atoms with Crippen LogP contribution in [0.2, 0.25) is 0 Å². The number of carbonyl (C=O) groups is 2. The van der Waals surface area contributed by atoms with Crippen LogP contribution in [-0.2, 0) is 4.79 Å². The number of nitrogens with one attached hydrogen (secondary N) is 2. The smallest absolute Gasteiger partial charge is 0.269 e. The van der Waals surface area contributed by atoms with E-state index in [1.807, 2.05) is 6.07 Å². The third-order valence-electron chi connectivity index (χ3n) is 3.43. The number of thioether (sulfide) groups is 1. The van der Waals surface area contributed by atoms with Crippen LogP contribution >= 0.6 is 11.8 Å². The van der Waals surface area contributed by atoms with Crippen LogP contribution in [0.5, 0.6) is 0 Å². The molecule has 0 saturated heterocycles. The van der Waals surface area contributed by atoms with Crippen LogP contribution in [0.15, 0.2) is 53.4 Å². The van der Waals surface area contributed by atoms with Crippen molar-refractivity contribution in [3.8, 4) is 0 Å². The quantitative estimate of drug-likeness (QED) is 0.654. The largest absolute Gasteiger partial charge is 0.273 e. The molecule has 0 aliphatic rings. The lowest BCUT2D eigenvalue weighted by molar-refractivity contribution is -0.121. The summed E-state index contributed by atoms with van der Waals surface area (Å²) in [7, 11) is 0. The number of hydrogen-bond donors (Lipinski definition) is 2. The van der Waals surface area contributed by atoms with Crippen LogP contribution in [0.3, 0.4) is 0 Å². The van der Waals surface area contributed by atoms with Gasteiger partial charge in [-0.05, 0) is 49.2 Å². The average Bonchev–Trinajstić information content (AvgIpc) is 2.56. The molecule has 23 heavy (non-hydrogen) atoms. The second-order valence-corrected chi connectivity index (χ2v) is 6.38. The van der Waals surface area contributed by atoms with Crippen molar-refractivity contribution in [3.63, 3.8) is 0 Å².